The Bertz CT molecular complexity index is 315. The molecular weight excluding hydrogens is 276 g/mol. The molecule has 1 atom stereocenters. The summed E-state index contributed by atoms with van der Waals surface area (Å²) in [6, 6.07) is 0. The lowest BCUT2D eigenvalue weighted by molar-refractivity contribution is -0.303. The van der Waals surface area contributed by atoms with Gasteiger partial charge in [0.2, 0.25) is 6.29 Å². The molecule has 0 radical (unpaired) electrons. The first-order valence-electron chi connectivity index (χ1n) is 6.05. The summed E-state index contributed by atoms with van der Waals surface area (Å²) in [7, 11) is 0. The van der Waals surface area contributed by atoms with E-state index >= 15 is 0 Å². The number of aliphatic hydroxyl groups is 5. The zero-order chi connectivity index (χ0) is 15.8. The molecule has 0 aliphatic heterocycles. The van der Waals surface area contributed by atoms with Crippen LogP contribution in [0.5, 0.6) is 0 Å². The third-order valence-corrected chi connectivity index (χ3v) is 2.48. The Morgan fingerprint density at radius 1 is 1.05 bits per heavy atom. The maximum Gasteiger partial charge on any atom is 0.308 e. The topological polar surface area (TPSA) is 165 Å². The van der Waals surface area contributed by atoms with E-state index in [1.54, 1.807) is 0 Å². The normalized spacial score (nSPS) is 14.3. The summed E-state index contributed by atoms with van der Waals surface area (Å²) in [5.41, 5.74) is 0. The van der Waals surface area contributed by atoms with Crippen LogP contribution >= 0.6 is 0 Å². The number of carbonyl (C=O) groups excluding carboxylic acids is 1. The number of unbranched alkanes of at least 4 members (excludes halogenated alkanes) is 1. The van der Waals surface area contributed by atoms with Crippen LogP contribution < -0.4 is 0 Å². The number of carboxylic acid groups (broad SMARTS) is 1. The Morgan fingerprint density at radius 3 is 2.05 bits per heavy atom. The predicted molar refractivity (Wildman–Crippen MR) is 62.8 cm³/mol. The first kappa shape index (κ1) is 18.7. The lowest BCUT2D eigenvalue weighted by atomic mass is 10.1. The molecule has 0 bridgehead atoms. The van der Waals surface area contributed by atoms with Crippen molar-refractivity contribution in [2.24, 2.45) is 0 Å². The quantitative estimate of drug-likeness (QED) is 0.156. The fourth-order valence-electron chi connectivity index (χ4n) is 1.36. The van der Waals surface area contributed by atoms with E-state index < -0.39 is 43.1 Å². The summed E-state index contributed by atoms with van der Waals surface area (Å²) in [5.74, 6) is -4.58. The van der Waals surface area contributed by atoms with E-state index in [2.05, 4.69) is 4.74 Å². The Morgan fingerprint density at radius 2 is 1.60 bits per heavy atom. The number of aliphatic carboxylic acids is 1. The average Bonchev–Trinajstić information content (AvgIpc) is 2.31. The van der Waals surface area contributed by atoms with Crippen LogP contribution in [0.25, 0.3) is 0 Å². The number of carboxylic acids is 1. The molecule has 0 fully saturated rings. The number of rotatable bonds is 10. The van der Waals surface area contributed by atoms with E-state index in [4.69, 9.17) is 25.5 Å². The van der Waals surface area contributed by atoms with Crippen molar-refractivity contribution >= 4 is 11.9 Å². The van der Waals surface area contributed by atoms with E-state index in [-0.39, 0.29) is 25.7 Å². The molecule has 0 spiro atoms. The smallest absolute Gasteiger partial charge is 0.308 e. The minimum atomic E-state index is -2.63. The van der Waals surface area contributed by atoms with E-state index in [1.165, 1.54) is 0 Å². The Kier molecular flexibility index (Phi) is 8.26. The van der Waals surface area contributed by atoms with E-state index in [0.717, 1.165) is 0 Å². The highest BCUT2D eigenvalue weighted by Gasteiger charge is 2.39. The Balaban J connectivity index is 4.23. The van der Waals surface area contributed by atoms with Crippen molar-refractivity contribution in [3.8, 4) is 0 Å². The molecule has 6 N–H and O–H groups in total. The van der Waals surface area contributed by atoms with Crippen LogP contribution in [0.4, 0.5) is 0 Å². The molecule has 0 saturated carbocycles. The Labute approximate surface area is 115 Å². The first-order chi connectivity index (χ1) is 9.17. The van der Waals surface area contributed by atoms with Crippen LogP contribution in [-0.2, 0) is 14.3 Å². The van der Waals surface area contributed by atoms with Crippen LogP contribution in [-0.4, -0.2) is 60.9 Å². The molecule has 0 heterocycles. The van der Waals surface area contributed by atoms with Crippen molar-refractivity contribution < 1.29 is 45.0 Å². The second kappa shape index (κ2) is 8.82. The summed E-state index contributed by atoms with van der Waals surface area (Å²) in [5, 5.41) is 53.3. The van der Waals surface area contributed by atoms with Crippen LogP contribution in [0.2, 0.25) is 0 Å². The molecule has 9 heteroatoms. The number of esters is 1. The standard InChI is InChI=1S/C11H20O9/c12-7(13)3-1-2-4-9(16)20-11(19,10(17)18)6-5-8(14)15/h8,10,14-15,17-19H,1-6H2,(H,12,13). The van der Waals surface area contributed by atoms with Gasteiger partial charge in [0.15, 0.2) is 6.29 Å². The van der Waals surface area contributed by atoms with Crippen molar-refractivity contribution in [3.63, 3.8) is 0 Å². The molecule has 0 aliphatic carbocycles. The van der Waals surface area contributed by atoms with Gasteiger partial charge in [0.1, 0.15) is 0 Å². The molecule has 0 saturated heterocycles. The molecule has 9 nitrogen and oxygen atoms in total. The molecule has 20 heavy (non-hydrogen) atoms. The molecule has 0 aliphatic rings. The van der Waals surface area contributed by atoms with Gasteiger partial charge < -0.3 is 35.4 Å². The molecule has 0 aromatic rings. The average molecular weight is 296 g/mol. The maximum atomic E-state index is 11.4. The molecule has 1 unspecified atom stereocenters. The summed E-state index contributed by atoms with van der Waals surface area (Å²) < 4.78 is 4.50. The highest BCUT2D eigenvalue weighted by molar-refractivity contribution is 5.70. The predicted octanol–water partition coefficient (Wildman–Crippen LogP) is -1.74. The number of hydrogen-bond acceptors (Lipinski definition) is 8. The van der Waals surface area contributed by atoms with Gasteiger partial charge in [-0.3, -0.25) is 9.59 Å². The van der Waals surface area contributed by atoms with Crippen molar-refractivity contribution in [3.05, 3.63) is 0 Å². The van der Waals surface area contributed by atoms with Crippen LogP contribution in [0.1, 0.15) is 38.5 Å². The summed E-state index contributed by atoms with van der Waals surface area (Å²) >= 11 is 0. The van der Waals surface area contributed by atoms with Gasteiger partial charge >= 0.3 is 11.9 Å². The molecular formula is C11H20O9. The lowest BCUT2D eigenvalue weighted by Crippen LogP contribution is -2.47. The second-order valence-electron chi connectivity index (χ2n) is 4.31. The van der Waals surface area contributed by atoms with Gasteiger partial charge in [-0.15, -0.1) is 0 Å². The number of hydrogen-bond donors (Lipinski definition) is 6. The van der Waals surface area contributed by atoms with Crippen molar-refractivity contribution in [1.29, 1.82) is 0 Å². The first-order valence-corrected chi connectivity index (χ1v) is 6.05. The minimum Gasteiger partial charge on any atom is -0.481 e. The van der Waals surface area contributed by atoms with Gasteiger partial charge in [0.05, 0.1) is 0 Å². The van der Waals surface area contributed by atoms with E-state index in [0.29, 0.717) is 0 Å². The summed E-state index contributed by atoms with van der Waals surface area (Å²) in [6.45, 7) is 0. The SMILES string of the molecule is O=C(O)CCCCC(=O)OC(O)(CCC(O)O)C(O)O. The van der Waals surface area contributed by atoms with E-state index in [1.807, 2.05) is 0 Å². The molecule has 0 aromatic carbocycles. The zero-order valence-electron chi connectivity index (χ0n) is 10.8. The van der Waals surface area contributed by atoms with Crippen LogP contribution in [0.3, 0.4) is 0 Å². The minimum absolute atomic E-state index is 0.114. The van der Waals surface area contributed by atoms with Crippen molar-refractivity contribution in [2.75, 3.05) is 0 Å². The lowest BCUT2D eigenvalue weighted by Gasteiger charge is -2.29. The number of aliphatic hydroxyl groups excluding tert-OH is 2. The van der Waals surface area contributed by atoms with Crippen molar-refractivity contribution in [1.82, 2.24) is 0 Å². The second-order valence-corrected chi connectivity index (χ2v) is 4.31. The van der Waals surface area contributed by atoms with E-state index in [9.17, 15) is 14.7 Å². The largest absolute Gasteiger partial charge is 0.481 e. The summed E-state index contributed by atoms with van der Waals surface area (Å²) in [6.07, 6.45) is -5.09. The number of ether oxygens (including phenoxy) is 1. The van der Waals surface area contributed by atoms with Gasteiger partial charge in [0, 0.05) is 25.7 Å². The monoisotopic (exact) mass is 296 g/mol. The highest BCUT2D eigenvalue weighted by Crippen LogP contribution is 2.20. The highest BCUT2D eigenvalue weighted by atomic mass is 16.7. The summed E-state index contributed by atoms with van der Waals surface area (Å²) in [4.78, 5) is 21.6. The van der Waals surface area contributed by atoms with Gasteiger partial charge in [-0.2, -0.15) is 0 Å². The maximum absolute atomic E-state index is 11.4. The van der Waals surface area contributed by atoms with Crippen molar-refractivity contribution in [2.45, 2.75) is 56.9 Å². The Hall–Kier alpha value is -1.26. The molecule has 118 valence electrons. The van der Waals surface area contributed by atoms with Gasteiger partial charge in [-0.05, 0) is 12.8 Å². The van der Waals surface area contributed by atoms with Gasteiger partial charge in [0.25, 0.3) is 5.79 Å². The third kappa shape index (κ3) is 8.02. The van der Waals surface area contributed by atoms with Gasteiger partial charge in [-0.1, -0.05) is 0 Å². The fraction of sp³-hybridized carbons (Fsp3) is 0.818. The zero-order valence-corrected chi connectivity index (χ0v) is 10.8. The van der Waals surface area contributed by atoms with Crippen LogP contribution in [0.15, 0.2) is 0 Å². The molecule has 0 rings (SSSR count). The van der Waals surface area contributed by atoms with Crippen LogP contribution in [0, 0.1) is 0 Å². The molecule has 0 aromatic heterocycles. The van der Waals surface area contributed by atoms with Gasteiger partial charge in [-0.25, -0.2) is 0 Å². The fourth-order valence-corrected chi connectivity index (χ4v) is 1.36. The number of carbonyl (C=O) groups is 2. The molecule has 0 amide bonds. The third-order valence-electron chi connectivity index (χ3n) is 2.48.